The summed E-state index contributed by atoms with van der Waals surface area (Å²) in [6.07, 6.45) is 1.58. The molecule has 29 heavy (non-hydrogen) atoms. The minimum atomic E-state index is -1.55. The minimum absolute atomic E-state index is 0.00261. The first-order valence-electron chi connectivity index (χ1n) is 8.74. The zero-order valence-corrected chi connectivity index (χ0v) is 17.3. The van der Waals surface area contributed by atoms with Gasteiger partial charge in [-0.05, 0) is 43.2 Å². The van der Waals surface area contributed by atoms with E-state index in [-0.39, 0.29) is 34.1 Å². The van der Waals surface area contributed by atoms with Crippen LogP contribution in [0.1, 0.15) is 12.0 Å². The van der Waals surface area contributed by atoms with Gasteiger partial charge in [0.2, 0.25) is 0 Å². The molecule has 0 saturated heterocycles. The molecule has 3 rings (SSSR count). The second-order valence-electron chi connectivity index (χ2n) is 6.40. The van der Waals surface area contributed by atoms with Crippen molar-refractivity contribution in [3.63, 3.8) is 0 Å². The maximum atomic E-state index is 14.5. The van der Waals surface area contributed by atoms with Crippen molar-refractivity contribution in [1.29, 1.82) is 0 Å². The molecule has 1 unspecified atom stereocenters. The van der Waals surface area contributed by atoms with Crippen molar-refractivity contribution in [2.75, 3.05) is 22.5 Å². The first-order valence-corrected chi connectivity index (χ1v) is 10.4. The number of benzene rings is 2. The number of aryl methyl sites for hydroxylation is 2. The molecule has 0 bridgehead atoms. The number of fused-ring (bicyclic) bond motifs is 1. The Hall–Kier alpha value is -2.52. The number of halogens is 3. The number of aromatic nitrogens is 2. The van der Waals surface area contributed by atoms with Gasteiger partial charge in [-0.15, -0.1) is 0 Å². The molecule has 6 nitrogen and oxygen atoms in total. The largest absolute Gasteiger partial charge is 0.352 e. The Morgan fingerprint density at radius 3 is 2.69 bits per heavy atom. The van der Waals surface area contributed by atoms with Crippen molar-refractivity contribution in [3.05, 3.63) is 57.3 Å². The summed E-state index contributed by atoms with van der Waals surface area (Å²) in [7, 11) is 0.0520. The number of nitrogens with one attached hydrogen (secondary N) is 2. The van der Waals surface area contributed by atoms with Crippen molar-refractivity contribution in [2.45, 2.75) is 13.3 Å². The van der Waals surface area contributed by atoms with E-state index in [9.17, 15) is 17.8 Å². The summed E-state index contributed by atoms with van der Waals surface area (Å²) in [6, 6.07) is 5.88. The minimum Gasteiger partial charge on any atom is -0.352 e. The number of anilines is 3. The number of hydrogen-bond donors (Lipinski definition) is 2. The van der Waals surface area contributed by atoms with Crippen LogP contribution in [0.5, 0.6) is 0 Å². The summed E-state index contributed by atoms with van der Waals surface area (Å²) in [6.45, 7) is 1.15. The highest BCUT2D eigenvalue weighted by Crippen LogP contribution is 2.36. The monoisotopic (exact) mass is 440 g/mol. The lowest BCUT2D eigenvalue weighted by Crippen LogP contribution is -2.18. The average Bonchev–Trinajstić information content (AvgIpc) is 2.70. The third kappa shape index (κ3) is 4.40. The molecule has 0 spiro atoms. The molecule has 1 aromatic heterocycles. The van der Waals surface area contributed by atoms with Gasteiger partial charge in [0.1, 0.15) is 16.8 Å². The predicted molar refractivity (Wildman–Crippen MR) is 114 cm³/mol. The topological polar surface area (TPSA) is 76.0 Å². The fourth-order valence-corrected chi connectivity index (χ4v) is 4.02. The SMILES string of the molecule is Cc1c(Nc2c(F)ccc(NS(=O)CCCF)c2Cl)ccc2ncn(C)c(=O)c12. The van der Waals surface area contributed by atoms with Gasteiger partial charge in [-0.3, -0.25) is 9.18 Å². The zero-order valence-electron chi connectivity index (χ0n) is 15.8. The highest BCUT2D eigenvalue weighted by molar-refractivity contribution is 7.86. The van der Waals surface area contributed by atoms with Crippen molar-refractivity contribution in [2.24, 2.45) is 7.05 Å². The fraction of sp³-hybridized carbons (Fsp3) is 0.263. The highest BCUT2D eigenvalue weighted by atomic mass is 35.5. The molecule has 154 valence electrons. The maximum Gasteiger partial charge on any atom is 0.261 e. The maximum absolute atomic E-state index is 14.5. The van der Waals surface area contributed by atoms with Gasteiger partial charge in [-0.2, -0.15) is 0 Å². The van der Waals surface area contributed by atoms with Crippen LogP contribution >= 0.6 is 11.6 Å². The summed E-state index contributed by atoms with van der Waals surface area (Å²) in [4.78, 5) is 16.7. The third-order valence-corrected chi connectivity index (χ3v) is 5.88. The van der Waals surface area contributed by atoms with Crippen LogP contribution in [0.25, 0.3) is 10.9 Å². The Balaban J connectivity index is 1.99. The summed E-state index contributed by atoms with van der Waals surface area (Å²) < 4.78 is 42.7. The molecule has 0 aliphatic rings. The Morgan fingerprint density at radius 2 is 1.97 bits per heavy atom. The van der Waals surface area contributed by atoms with Gasteiger partial charge in [-0.1, -0.05) is 11.6 Å². The fourth-order valence-electron chi connectivity index (χ4n) is 2.83. The molecule has 1 atom stereocenters. The Bertz CT molecular complexity index is 1150. The normalized spacial score (nSPS) is 12.2. The second-order valence-corrected chi connectivity index (χ2v) is 8.08. The average molecular weight is 441 g/mol. The van der Waals surface area contributed by atoms with Gasteiger partial charge in [0, 0.05) is 18.5 Å². The van der Waals surface area contributed by atoms with E-state index in [1.165, 1.54) is 23.0 Å². The molecule has 10 heteroatoms. The second kappa shape index (κ2) is 8.87. The van der Waals surface area contributed by atoms with Crippen LogP contribution in [0.2, 0.25) is 5.02 Å². The van der Waals surface area contributed by atoms with E-state index < -0.39 is 23.5 Å². The third-order valence-electron chi connectivity index (χ3n) is 4.39. The Kier molecular flexibility index (Phi) is 6.49. The first-order chi connectivity index (χ1) is 13.8. The summed E-state index contributed by atoms with van der Waals surface area (Å²) in [5.41, 5.74) is 1.62. The lowest BCUT2D eigenvalue weighted by molar-refractivity contribution is 0.488. The molecule has 0 saturated carbocycles. The molecule has 0 fully saturated rings. The van der Waals surface area contributed by atoms with Gasteiger partial charge in [-0.25, -0.2) is 13.6 Å². The molecular formula is C19H19ClF2N4O2S. The van der Waals surface area contributed by atoms with E-state index in [4.69, 9.17) is 11.6 Å². The van der Waals surface area contributed by atoms with Gasteiger partial charge in [0.05, 0.1) is 40.3 Å². The predicted octanol–water partition coefficient (Wildman–Crippen LogP) is 4.21. The van der Waals surface area contributed by atoms with Crippen molar-refractivity contribution in [3.8, 4) is 0 Å². The summed E-state index contributed by atoms with van der Waals surface area (Å²) in [5, 5.41) is 3.33. The molecule has 0 radical (unpaired) electrons. The number of nitrogens with zero attached hydrogens (tertiary/aromatic N) is 2. The Labute approximate surface area is 173 Å². The number of rotatable bonds is 7. The number of alkyl halides is 1. The van der Waals surface area contributed by atoms with Crippen molar-refractivity contribution < 1.29 is 13.0 Å². The number of hydrogen-bond acceptors (Lipinski definition) is 4. The molecule has 2 aromatic carbocycles. The van der Waals surface area contributed by atoms with E-state index in [2.05, 4.69) is 15.0 Å². The van der Waals surface area contributed by atoms with Crippen LogP contribution in [0.15, 0.2) is 35.4 Å². The van der Waals surface area contributed by atoms with Crippen LogP contribution in [-0.2, 0) is 18.0 Å². The van der Waals surface area contributed by atoms with Crippen LogP contribution < -0.4 is 15.6 Å². The highest BCUT2D eigenvalue weighted by Gasteiger charge is 2.16. The van der Waals surface area contributed by atoms with E-state index in [1.807, 2.05) is 0 Å². The van der Waals surface area contributed by atoms with Gasteiger partial charge >= 0.3 is 0 Å². The lowest BCUT2D eigenvalue weighted by Gasteiger charge is -2.16. The van der Waals surface area contributed by atoms with Crippen molar-refractivity contribution in [1.82, 2.24) is 9.55 Å². The van der Waals surface area contributed by atoms with Crippen LogP contribution in [0, 0.1) is 12.7 Å². The molecule has 3 aromatic rings. The molecule has 2 N–H and O–H groups in total. The van der Waals surface area contributed by atoms with Gasteiger partial charge in [0.15, 0.2) is 0 Å². The molecular weight excluding hydrogens is 422 g/mol. The summed E-state index contributed by atoms with van der Waals surface area (Å²) >= 11 is 6.32. The standard InChI is InChI=1S/C19H19ClF2N4O2S/c1-11-13(6-7-14-16(11)19(27)26(2)10-23-14)24-18-12(22)4-5-15(17(18)20)25-29(28)9-3-8-21/h4-7,10,24-25H,3,8-9H2,1-2H3. The van der Waals surface area contributed by atoms with Crippen LogP contribution in [0.4, 0.5) is 25.8 Å². The molecule has 0 aliphatic carbocycles. The molecule has 0 amide bonds. The van der Waals surface area contributed by atoms with E-state index in [0.29, 0.717) is 22.2 Å². The lowest BCUT2D eigenvalue weighted by atomic mass is 10.1. The van der Waals surface area contributed by atoms with Crippen LogP contribution in [-0.4, -0.2) is 26.2 Å². The Morgan fingerprint density at radius 1 is 1.24 bits per heavy atom. The quantitative estimate of drug-likeness (QED) is 0.577. The smallest absolute Gasteiger partial charge is 0.261 e. The molecule has 0 aliphatic heterocycles. The van der Waals surface area contributed by atoms with E-state index >= 15 is 0 Å². The zero-order chi connectivity index (χ0) is 21.1. The van der Waals surface area contributed by atoms with Gasteiger partial charge in [0.25, 0.3) is 5.56 Å². The van der Waals surface area contributed by atoms with E-state index in [0.717, 1.165) is 0 Å². The first kappa shape index (κ1) is 21.2. The van der Waals surface area contributed by atoms with E-state index in [1.54, 1.807) is 26.1 Å². The van der Waals surface area contributed by atoms with Crippen molar-refractivity contribution >= 4 is 50.6 Å². The van der Waals surface area contributed by atoms with Crippen LogP contribution in [0.3, 0.4) is 0 Å². The van der Waals surface area contributed by atoms with Gasteiger partial charge < -0.3 is 14.6 Å². The summed E-state index contributed by atoms with van der Waals surface area (Å²) in [5.74, 6) is -0.513. The molecule has 1 heterocycles.